The van der Waals surface area contributed by atoms with Gasteiger partial charge in [0.1, 0.15) is 12.7 Å². The maximum Gasteiger partial charge on any atom is 0.303 e. The summed E-state index contributed by atoms with van der Waals surface area (Å²) in [5, 5.41) is 9.73. The molecule has 0 saturated carbocycles. The van der Waals surface area contributed by atoms with Crippen LogP contribution in [0.25, 0.3) is 0 Å². The summed E-state index contributed by atoms with van der Waals surface area (Å²) >= 11 is 0. The number of nitrogens with two attached hydrogens (primary N) is 1. The van der Waals surface area contributed by atoms with Crippen LogP contribution in [0.1, 0.15) is 20.8 Å². The summed E-state index contributed by atoms with van der Waals surface area (Å²) in [7, 11) is 0. The van der Waals surface area contributed by atoms with E-state index >= 15 is 0 Å². The van der Waals surface area contributed by atoms with Gasteiger partial charge in [-0.25, -0.2) is 0 Å². The molecule has 0 bridgehead atoms. The second-order valence-electron chi connectivity index (χ2n) is 4.59. The van der Waals surface area contributed by atoms with Crippen LogP contribution >= 0.6 is 0 Å². The first-order chi connectivity index (χ1) is 9.72. The predicted molar refractivity (Wildman–Crippen MR) is 66.6 cm³/mol. The monoisotopic (exact) mass is 305 g/mol. The smallest absolute Gasteiger partial charge is 0.303 e. The fraction of sp³-hybridized carbons (Fsp3) is 0.750. The average Bonchev–Trinajstić information content (AvgIpc) is 2.35. The standard InChI is InChI=1S/C12H19NO8/c1-5(14)18-4-8-10(19-6(2)15)11(20-7(3)16)9(13)12(17)21-8/h8-12,17H,4,13H2,1-3H3/t8?,9?,10-,11?,12-/m1/s1. The second-order valence-corrected chi connectivity index (χ2v) is 4.59. The minimum Gasteiger partial charge on any atom is -0.463 e. The summed E-state index contributed by atoms with van der Waals surface area (Å²) in [4.78, 5) is 33.2. The Morgan fingerprint density at radius 3 is 2.05 bits per heavy atom. The number of hydrogen-bond donors (Lipinski definition) is 2. The highest BCUT2D eigenvalue weighted by Gasteiger charge is 2.48. The molecule has 0 spiro atoms. The summed E-state index contributed by atoms with van der Waals surface area (Å²) in [6, 6.07) is -1.10. The zero-order valence-electron chi connectivity index (χ0n) is 12.0. The third kappa shape index (κ3) is 4.96. The maximum atomic E-state index is 11.2. The summed E-state index contributed by atoms with van der Waals surface area (Å²) in [5.74, 6) is -1.89. The summed E-state index contributed by atoms with van der Waals surface area (Å²) in [6.07, 6.45) is -4.67. The Bertz CT molecular complexity index is 412. The molecule has 1 fully saturated rings. The third-order valence-corrected chi connectivity index (χ3v) is 2.77. The van der Waals surface area contributed by atoms with Crippen LogP contribution in [0.4, 0.5) is 0 Å². The van der Waals surface area contributed by atoms with Gasteiger partial charge in [0.15, 0.2) is 18.5 Å². The van der Waals surface area contributed by atoms with Crippen LogP contribution in [0.3, 0.4) is 0 Å². The first-order valence-electron chi connectivity index (χ1n) is 6.29. The highest BCUT2D eigenvalue weighted by atomic mass is 16.7. The van der Waals surface area contributed by atoms with Crippen LogP contribution in [0.15, 0.2) is 0 Å². The van der Waals surface area contributed by atoms with Gasteiger partial charge >= 0.3 is 17.9 Å². The third-order valence-electron chi connectivity index (χ3n) is 2.77. The van der Waals surface area contributed by atoms with E-state index in [4.69, 9.17) is 24.7 Å². The highest BCUT2D eigenvalue weighted by Crippen LogP contribution is 2.24. The van der Waals surface area contributed by atoms with Crippen molar-refractivity contribution in [3.63, 3.8) is 0 Å². The van der Waals surface area contributed by atoms with Gasteiger partial charge in [-0.05, 0) is 0 Å². The van der Waals surface area contributed by atoms with E-state index < -0.39 is 48.6 Å². The van der Waals surface area contributed by atoms with Crippen molar-refractivity contribution in [2.45, 2.75) is 51.4 Å². The molecule has 0 aromatic carbocycles. The van der Waals surface area contributed by atoms with Crippen molar-refractivity contribution in [3.8, 4) is 0 Å². The van der Waals surface area contributed by atoms with Crippen LogP contribution < -0.4 is 5.73 Å². The Morgan fingerprint density at radius 1 is 1.05 bits per heavy atom. The predicted octanol–water partition coefficient (Wildman–Crippen LogP) is -1.54. The molecule has 5 atom stereocenters. The Balaban J connectivity index is 2.94. The van der Waals surface area contributed by atoms with Crippen molar-refractivity contribution in [3.05, 3.63) is 0 Å². The fourth-order valence-electron chi connectivity index (χ4n) is 1.95. The quantitative estimate of drug-likeness (QED) is 0.468. The number of hydrogen-bond acceptors (Lipinski definition) is 9. The minimum atomic E-state index is -1.46. The molecule has 9 heteroatoms. The van der Waals surface area contributed by atoms with E-state index in [1.807, 2.05) is 0 Å². The van der Waals surface area contributed by atoms with E-state index in [2.05, 4.69) is 0 Å². The molecule has 1 saturated heterocycles. The van der Waals surface area contributed by atoms with Crippen molar-refractivity contribution in [1.82, 2.24) is 0 Å². The molecule has 3 N–H and O–H groups in total. The van der Waals surface area contributed by atoms with Gasteiger partial charge in [0.2, 0.25) is 0 Å². The van der Waals surface area contributed by atoms with Gasteiger partial charge in [-0.2, -0.15) is 0 Å². The molecule has 1 aliphatic heterocycles. The molecule has 21 heavy (non-hydrogen) atoms. The molecule has 0 amide bonds. The zero-order valence-corrected chi connectivity index (χ0v) is 12.0. The fourth-order valence-corrected chi connectivity index (χ4v) is 1.95. The number of rotatable bonds is 4. The number of aliphatic hydroxyl groups excluding tert-OH is 1. The summed E-state index contributed by atoms with van der Waals surface area (Å²) in [5.41, 5.74) is 5.70. The van der Waals surface area contributed by atoms with Gasteiger partial charge < -0.3 is 29.8 Å². The van der Waals surface area contributed by atoms with Crippen LogP contribution in [0.5, 0.6) is 0 Å². The first-order valence-corrected chi connectivity index (χ1v) is 6.29. The van der Waals surface area contributed by atoms with E-state index in [0.29, 0.717) is 0 Å². The lowest BCUT2D eigenvalue weighted by molar-refractivity contribution is -0.260. The lowest BCUT2D eigenvalue weighted by atomic mass is 9.97. The molecular weight excluding hydrogens is 286 g/mol. The molecule has 1 heterocycles. The number of aliphatic hydroxyl groups is 1. The molecule has 0 aromatic heterocycles. The van der Waals surface area contributed by atoms with Gasteiger partial charge in [0.05, 0.1) is 6.04 Å². The van der Waals surface area contributed by atoms with Crippen LogP contribution in [0, 0.1) is 0 Å². The number of carbonyl (C=O) groups is 3. The van der Waals surface area contributed by atoms with E-state index in [0.717, 1.165) is 13.8 Å². The molecule has 1 rings (SSSR count). The van der Waals surface area contributed by atoms with Crippen molar-refractivity contribution < 1.29 is 38.4 Å². The Labute approximate surface area is 121 Å². The molecule has 0 aromatic rings. The van der Waals surface area contributed by atoms with E-state index in [-0.39, 0.29) is 6.61 Å². The summed E-state index contributed by atoms with van der Waals surface area (Å²) in [6.45, 7) is 3.22. The van der Waals surface area contributed by atoms with Gasteiger partial charge in [0.25, 0.3) is 0 Å². The largest absolute Gasteiger partial charge is 0.463 e. The van der Waals surface area contributed by atoms with Gasteiger partial charge in [0, 0.05) is 20.8 Å². The van der Waals surface area contributed by atoms with Gasteiger partial charge in [-0.15, -0.1) is 0 Å². The Kier molecular flexibility index (Phi) is 6.06. The van der Waals surface area contributed by atoms with E-state index in [1.165, 1.54) is 6.92 Å². The summed E-state index contributed by atoms with van der Waals surface area (Å²) < 4.78 is 20.0. The average molecular weight is 305 g/mol. The molecule has 0 radical (unpaired) electrons. The van der Waals surface area contributed by atoms with Crippen molar-refractivity contribution in [2.24, 2.45) is 5.73 Å². The molecule has 0 aliphatic carbocycles. The Hall–Kier alpha value is -1.71. The topological polar surface area (TPSA) is 134 Å². The lowest BCUT2D eigenvalue weighted by Crippen LogP contribution is -2.64. The zero-order chi connectivity index (χ0) is 16.2. The van der Waals surface area contributed by atoms with Crippen molar-refractivity contribution in [1.29, 1.82) is 0 Å². The van der Waals surface area contributed by atoms with Crippen LogP contribution in [-0.2, 0) is 33.3 Å². The van der Waals surface area contributed by atoms with Crippen LogP contribution in [-0.4, -0.2) is 60.3 Å². The van der Waals surface area contributed by atoms with E-state index in [9.17, 15) is 19.5 Å². The normalized spacial score (nSPS) is 32.1. The lowest BCUT2D eigenvalue weighted by Gasteiger charge is -2.41. The SMILES string of the molecule is CC(=O)OCC1O[C@@H](O)C(N)C(OC(C)=O)[C@@H]1OC(C)=O. The molecule has 9 nitrogen and oxygen atoms in total. The second kappa shape index (κ2) is 7.34. The number of ether oxygens (including phenoxy) is 4. The number of esters is 3. The highest BCUT2D eigenvalue weighted by molar-refractivity contribution is 5.67. The van der Waals surface area contributed by atoms with Gasteiger partial charge in [-0.1, -0.05) is 0 Å². The molecular formula is C12H19NO8. The van der Waals surface area contributed by atoms with E-state index in [1.54, 1.807) is 0 Å². The first kappa shape index (κ1) is 17.3. The van der Waals surface area contributed by atoms with Crippen LogP contribution in [0.2, 0.25) is 0 Å². The van der Waals surface area contributed by atoms with Crippen molar-refractivity contribution >= 4 is 17.9 Å². The minimum absolute atomic E-state index is 0.283. The number of carbonyl (C=O) groups excluding carboxylic acids is 3. The molecule has 1 aliphatic rings. The van der Waals surface area contributed by atoms with Crippen molar-refractivity contribution in [2.75, 3.05) is 6.61 Å². The molecule has 3 unspecified atom stereocenters. The molecule has 120 valence electrons. The van der Waals surface area contributed by atoms with Gasteiger partial charge in [-0.3, -0.25) is 14.4 Å². The maximum absolute atomic E-state index is 11.2. The Morgan fingerprint density at radius 2 is 1.57 bits per heavy atom.